The Labute approximate surface area is 348 Å². The van der Waals surface area contributed by atoms with Gasteiger partial charge in [-0.3, -0.25) is 13.9 Å². The largest absolute Gasteiger partial charge is 0.399 e. The van der Waals surface area contributed by atoms with Crippen LogP contribution in [0.15, 0.2) is 102 Å². The van der Waals surface area contributed by atoms with Crippen LogP contribution in [0.4, 0.5) is 22.7 Å². The van der Waals surface area contributed by atoms with E-state index in [1.165, 1.54) is 0 Å². The van der Waals surface area contributed by atoms with Crippen LogP contribution < -0.4 is 22.1 Å². The first-order valence-corrected chi connectivity index (χ1v) is 23.3. The lowest BCUT2D eigenvalue weighted by atomic mass is 9.79. The highest BCUT2D eigenvalue weighted by molar-refractivity contribution is 7.86. The van der Waals surface area contributed by atoms with Gasteiger partial charge in [0.2, 0.25) is 11.6 Å². The van der Waals surface area contributed by atoms with Crippen LogP contribution in [0.5, 0.6) is 0 Å². The van der Waals surface area contributed by atoms with Crippen LogP contribution >= 0.6 is 0 Å². The number of fused-ring (bicyclic) bond motifs is 2. The van der Waals surface area contributed by atoms with Crippen LogP contribution in [0.3, 0.4) is 0 Å². The molecular weight excluding hydrogens is 787 g/mol. The van der Waals surface area contributed by atoms with Gasteiger partial charge in [-0.05, 0) is 129 Å². The maximum atomic E-state index is 12.1. The summed E-state index contributed by atoms with van der Waals surface area (Å²) in [4.78, 5) is 14.3. The second-order valence-corrected chi connectivity index (χ2v) is 19.9. The van der Waals surface area contributed by atoms with Crippen LogP contribution in [-0.4, -0.2) is 66.7 Å². The summed E-state index contributed by atoms with van der Waals surface area (Å²) < 4.78 is 66.9. The van der Waals surface area contributed by atoms with Gasteiger partial charge in [-0.15, -0.1) is 0 Å². The second kappa shape index (κ2) is 16.9. The zero-order valence-corrected chi connectivity index (χ0v) is 35.9. The molecule has 14 heteroatoms. The van der Waals surface area contributed by atoms with E-state index in [0.717, 1.165) is 75.5 Å². The van der Waals surface area contributed by atoms with E-state index in [0.29, 0.717) is 55.7 Å². The third-order valence-electron chi connectivity index (χ3n) is 11.8. The van der Waals surface area contributed by atoms with Crippen molar-refractivity contribution in [2.75, 3.05) is 41.0 Å². The molecule has 0 unspecified atom stereocenters. The molecule has 59 heavy (non-hydrogen) atoms. The van der Waals surface area contributed by atoms with Gasteiger partial charge in [0.05, 0.1) is 16.9 Å². The summed E-state index contributed by atoms with van der Waals surface area (Å²) in [5.41, 5.74) is 29.5. The smallest absolute Gasteiger partial charge is 0.264 e. The van der Waals surface area contributed by atoms with Crippen molar-refractivity contribution in [1.29, 1.82) is 0 Å². The molecule has 0 radical (unpaired) electrons. The lowest BCUT2D eigenvalue weighted by Crippen LogP contribution is -2.28. The normalized spacial score (nSPS) is 19.0. The molecular formula is C45H56N5O7S2+. The monoisotopic (exact) mass is 842 g/mol. The van der Waals surface area contributed by atoms with Crippen molar-refractivity contribution in [3.63, 3.8) is 0 Å². The lowest BCUT2D eigenvalue weighted by Gasteiger charge is -2.28. The summed E-state index contributed by atoms with van der Waals surface area (Å²) in [6, 6.07) is 19.1. The molecule has 3 aliphatic rings. The summed E-state index contributed by atoms with van der Waals surface area (Å²) in [6.45, 7) is 9.72. The van der Waals surface area contributed by atoms with E-state index >= 15 is 0 Å². The predicted molar refractivity (Wildman–Crippen MR) is 237 cm³/mol. The van der Waals surface area contributed by atoms with Gasteiger partial charge in [-0.1, -0.05) is 38.1 Å². The Morgan fingerprint density at radius 3 is 2.05 bits per heavy atom. The number of nitrogens with two attached hydrogens (primary N) is 3. The first kappa shape index (κ1) is 43.6. The summed E-state index contributed by atoms with van der Waals surface area (Å²) in [6.07, 6.45) is 12.9. The number of nitrogens with zero attached hydrogens (tertiary/aromatic N) is 2. The fourth-order valence-electron chi connectivity index (χ4n) is 8.77. The van der Waals surface area contributed by atoms with Gasteiger partial charge in [-0.2, -0.15) is 21.4 Å². The molecule has 1 amide bonds. The van der Waals surface area contributed by atoms with Crippen molar-refractivity contribution in [2.45, 2.75) is 83.5 Å². The maximum absolute atomic E-state index is 12.1. The van der Waals surface area contributed by atoms with Gasteiger partial charge in [-0.25, -0.2) is 0 Å². The molecule has 1 aliphatic carbocycles. The molecule has 0 aromatic heterocycles. The zero-order valence-electron chi connectivity index (χ0n) is 34.2. The molecule has 3 aromatic carbocycles. The van der Waals surface area contributed by atoms with E-state index in [1.54, 1.807) is 12.1 Å². The van der Waals surface area contributed by atoms with Gasteiger partial charge in [0.25, 0.3) is 20.2 Å². The minimum Gasteiger partial charge on any atom is -0.399 e. The minimum absolute atomic E-state index is 0.302. The number of primary amides is 1. The van der Waals surface area contributed by atoms with Crippen molar-refractivity contribution < 1.29 is 35.3 Å². The number of benzene rings is 3. The molecule has 3 aromatic rings. The number of carbonyl (C=O) groups excluding carboxylic acids is 1. The Bertz CT molecular complexity index is 2530. The van der Waals surface area contributed by atoms with Crippen molar-refractivity contribution in [1.82, 2.24) is 0 Å². The maximum Gasteiger partial charge on any atom is 0.264 e. The van der Waals surface area contributed by atoms with Crippen LogP contribution in [-0.2, 0) is 31.1 Å². The number of unbranched alkanes of at least 4 members (excludes halogenated alkanes) is 2. The minimum atomic E-state index is -4.07. The molecule has 0 saturated carbocycles. The van der Waals surface area contributed by atoms with Crippen molar-refractivity contribution in [2.24, 2.45) is 5.73 Å². The Kier molecular flexibility index (Phi) is 12.5. The highest BCUT2D eigenvalue weighted by Gasteiger charge is 2.44. The van der Waals surface area contributed by atoms with Gasteiger partial charge in [0.1, 0.15) is 6.54 Å². The SMILES string of the molecule is CC1(C)C(=CC=C2CCCC(C=CC3=[N+](CCCCS(=O)(=O)O)c4ccc(N)cc4C3(C)C)=C2c2ccc(C(N)=O)cc2)N(CCCCS(=O)(=O)O)c2ccc(N)cc21. The molecule has 0 spiro atoms. The summed E-state index contributed by atoms with van der Waals surface area (Å²) in [5, 5.41) is 0. The highest BCUT2D eigenvalue weighted by atomic mass is 32.2. The fourth-order valence-corrected chi connectivity index (χ4v) is 9.90. The Hall–Kier alpha value is -5.02. The molecule has 0 bridgehead atoms. The third-order valence-corrected chi connectivity index (χ3v) is 13.4. The van der Waals surface area contributed by atoms with Crippen LogP contribution in [0.25, 0.3) is 5.57 Å². The van der Waals surface area contributed by atoms with E-state index in [9.17, 15) is 30.7 Å². The summed E-state index contributed by atoms with van der Waals surface area (Å²) in [5.74, 6) is -1.11. The Morgan fingerprint density at radius 2 is 1.41 bits per heavy atom. The molecule has 0 fully saturated rings. The zero-order chi connectivity index (χ0) is 42.9. The molecule has 0 saturated heterocycles. The van der Waals surface area contributed by atoms with Crippen LogP contribution in [0, 0.1) is 0 Å². The molecule has 8 N–H and O–H groups in total. The van der Waals surface area contributed by atoms with Gasteiger partial charge in [0, 0.05) is 64.4 Å². The topological polar surface area (TPSA) is 210 Å². The molecule has 2 heterocycles. The summed E-state index contributed by atoms with van der Waals surface area (Å²) >= 11 is 0. The molecule has 2 aliphatic heterocycles. The quantitative estimate of drug-likeness (QED) is 0.0441. The predicted octanol–water partition coefficient (Wildman–Crippen LogP) is 7.46. The van der Waals surface area contributed by atoms with Crippen LogP contribution in [0.2, 0.25) is 0 Å². The van der Waals surface area contributed by atoms with Gasteiger partial charge in [0.15, 0.2) is 5.71 Å². The number of hydrogen-bond acceptors (Lipinski definition) is 8. The number of amides is 1. The van der Waals surface area contributed by atoms with E-state index < -0.39 is 37.0 Å². The standard InChI is InChI=1S/C45H55N5O7S2/c1-44(2)36-28-34(46)18-20-38(36)49(24-5-7-26-58(52,53)54)40(44)22-16-30-10-9-11-31(42(30)32-12-14-33(15-13-32)43(48)51)17-23-41-45(3,4)37-29-35(47)19-21-39(37)50(41)25-6-8-27-59(55,56)57/h12-23,28-29H,5-11,24-27H2,1-4H3,(H7-,46,47,48,51,52,53,54,55,56,57)/p+1. The number of rotatable bonds is 15. The first-order valence-electron chi connectivity index (χ1n) is 20.0. The van der Waals surface area contributed by atoms with Gasteiger partial charge < -0.3 is 22.1 Å². The number of hydrogen-bond donors (Lipinski definition) is 5. The summed E-state index contributed by atoms with van der Waals surface area (Å²) in [7, 11) is -8.14. The van der Waals surface area contributed by atoms with E-state index in [1.807, 2.05) is 48.5 Å². The van der Waals surface area contributed by atoms with E-state index in [-0.39, 0.29) is 11.5 Å². The second-order valence-electron chi connectivity index (χ2n) is 16.8. The highest BCUT2D eigenvalue weighted by Crippen LogP contribution is 2.49. The Morgan fingerprint density at radius 1 is 0.780 bits per heavy atom. The molecule has 314 valence electrons. The molecule has 6 rings (SSSR count). The number of nitrogen functional groups attached to an aromatic ring is 2. The third kappa shape index (κ3) is 9.73. The number of allylic oxidation sites excluding steroid dienone is 8. The Balaban J connectivity index is 1.45. The fraction of sp³-hybridized carbons (Fsp3) is 0.378. The van der Waals surface area contributed by atoms with E-state index in [2.05, 4.69) is 61.5 Å². The van der Waals surface area contributed by atoms with Crippen molar-refractivity contribution in [3.05, 3.63) is 124 Å². The average molecular weight is 843 g/mol. The van der Waals surface area contributed by atoms with Crippen LogP contribution in [0.1, 0.15) is 99.7 Å². The first-order chi connectivity index (χ1) is 27.7. The van der Waals surface area contributed by atoms with Crippen molar-refractivity contribution >= 4 is 60.2 Å². The lowest BCUT2D eigenvalue weighted by molar-refractivity contribution is -0.438. The number of carbonyl (C=O) groups is 1. The van der Waals surface area contributed by atoms with E-state index in [4.69, 9.17) is 17.2 Å². The van der Waals surface area contributed by atoms with Gasteiger partial charge >= 0.3 is 0 Å². The average Bonchev–Trinajstić information content (AvgIpc) is 3.49. The molecule has 0 atom stereocenters. The molecule has 12 nitrogen and oxygen atoms in total. The van der Waals surface area contributed by atoms with Crippen molar-refractivity contribution in [3.8, 4) is 0 Å². The number of anilines is 3.